The SMILES string of the molecule is O=C(Cl)/C(F)=C(/F)C(=O)Cl. The van der Waals surface area contributed by atoms with Crippen LogP contribution >= 0.6 is 23.2 Å². The van der Waals surface area contributed by atoms with Crippen LogP contribution < -0.4 is 0 Å². The van der Waals surface area contributed by atoms with Crippen LogP contribution in [0.25, 0.3) is 0 Å². The van der Waals surface area contributed by atoms with Gasteiger partial charge in [-0.3, -0.25) is 9.59 Å². The summed E-state index contributed by atoms with van der Waals surface area (Å²) >= 11 is 8.89. The molecular weight excluding hydrogens is 189 g/mol. The molecule has 0 bridgehead atoms. The summed E-state index contributed by atoms with van der Waals surface area (Å²) < 4.78 is 23.8. The average Bonchev–Trinajstić information content (AvgIpc) is 1.84. The molecule has 0 saturated heterocycles. The van der Waals surface area contributed by atoms with Crippen LogP contribution in [-0.2, 0) is 9.59 Å². The minimum Gasteiger partial charge on any atom is -0.273 e. The van der Waals surface area contributed by atoms with Crippen LogP contribution in [-0.4, -0.2) is 10.5 Å². The van der Waals surface area contributed by atoms with Crippen molar-refractivity contribution in [3.05, 3.63) is 11.7 Å². The Bertz CT molecular complexity index is 189. The average molecular weight is 189 g/mol. The van der Waals surface area contributed by atoms with Crippen molar-refractivity contribution in [3.8, 4) is 0 Å². The molecule has 0 aliphatic rings. The number of allylic oxidation sites excluding steroid dienone is 2. The lowest BCUT2D eigenvalue weighted by molar-refractivity contribution is -0.112. The Labute approximate surface area is 64.4 Å². The van der Waals surface area contributed by atoms with Gasteiger partial charge < -0.3 is 0 Å². The first kappa shape index (κ1) is 9.52. The Hall–Kier alpha value is -0.480. The van der Waals surface area contributed by atoms with Gasteiger partial charge in [0.1, 0.15) is 0 Å². The van der Waals surface area contributed by atoms with Crippen molar-refractivity contribution >= 4 is 33.7 Å². The van der Waals surface area contributed by atoms with E-state index < -0.39 is 22.1 Å². The molecule has 0 unspecified atom stereocenters. The summed E-state index contributed by atoms with van der Waals surface area (Å²) in [5.41, 5.74) is 0. The van der Waals surface area contributed by atoms with Gasteiger partial charge in [-0.2, -0.15) is 8.78 Å². The maximum Gasteiger partial charge on any atom is 0.284 e. The summed E-state index contributed by atoms with van der Waals surface area (Å²) in [4.78, 5) is 19.5. The molecule has 0 amide bonds. The molecule has 0 radical (unpaired) electrons. The van der Waals surface area contributed by atoms with Gasteiger partial charge in [0.05, 0.1) is 0 Å². The van der Waals surface area contributed by atoms with Crippen molar-refractivity contribution in [2.24, 2.45) is 0 Å². The topological polar surface area (TPSA) is 34.1 Å². The van der Waals surface area contributed by atoms with Gasteiger partial charge >= 0.3 is 0 Å². The van der Waals surface area contributed by atoms with E-state index in [-0.39, 0.29) is 0 Å². The van der Waals surface area contributed by atoms with E-state index >= 15 is 0 Å². The minimum atomic E-state index is -1.97. The normalized spacial score (nSPS) is 12.4. The molecule has 0 N–H and O–H groups in total. The van der Waals surface area contributed by atoms with Gasteiger partial charge in [-0.25, -0.2) is 0 Å². The zero-order valence-corrected chi connectivity index (χ0v) is 5.84. The summed E-state index contributed by atoms with van der Waals surface area (Å²) in [5, 5.41) is -3.38. The van der Waals surface area contributed by atoms with Crippen LogP contribution in [0.1, 0.15) is 0 Å². The van der Waals surface area contributed by atoms with Crippen LogP contribution in [0, 0.1) is 0 Å². The predicted molar refractivity (Wildman–Crippen MR) is 31.0 cm³/mol. The largest absolute Gasteiger partial charge is 0.284 e. The van der Waals surface area contributed by atoms with Gasteiger partial charge in [0.25, 0.3) is 10.5 Å². The third kappa shape index (κ3) is 2.41. The van der Waals surface area contributed by atoms with Crippen molar-refractivity contribution < 1.29 is 18.4 Å². The molecule has 0 aliphatic heterocycles. The highest BCUT2D eigenvalue weighted by atomic mass is 35.5. The van der Waals surface area contributed by atoms with E-state index in [9.17, 15) is 18.4 Å². The Morgan fingerprint density at radius 2 is 1.10 bits per heavy atom. The zero-order valence-electron chi connectivity index (χ0n) is 4.33. The molecule has 0 aromatic rings. The lowest BCUT2D eigenvalue weighted by Gasteiger charge is -1.86. The van der Waals surface area contributed by atoms with Crippen LogP contribution in [0.15, 0.2) is 11.7 Å². The number of hydrogen-bond acceptors (Lipinski definition) is 2. The lowest BCUT2D eigenvalue weighted by atomic mass is 10.5. The highest BCUT2D eigenvalue weighted by Gasteiger charge is 2.17. The maximum atomic E-state index is 11.9. The first-order chi connectivity index (χ1) is 4.46. The molecule has 0 fully saturated rings. The number of carbonyl (C=O) groups is 2. The van der Waals surface area contributed by atoms with Gasteiger partial charge in [-0.05, 0) is 23.2 Å². The lowest BCUT2D eigenvalue weighted by Crippen LogP contribution is -1.95. The third-order valence-corrected chi connectivity index (χ3v) is 0.870. The Kier molecular flexibility index (Phi) is 3.46. The molecule has 6 heteroatoms. The van der Waals surface area contributed by atoms with Crippen LogP contribution in [0.4, 0.5) is 8.78 Å². The first-order valence-corrected chi connectivity index (χ1v) is 2.67. The monoisotopic (exact) mass is 188 g/mol. The molecule has 0 heterocycles. The van der Waals surface area contributed by atoms with Crippen molar-refractivity contribution in [2.45, 2.75) is 0 Å². The molecule has 0 atom stereocenters. The highest BCUT2D eigenvalue weighted by molar-refractivity contribution is 6.70. The minimum absolute atomic E-state index is 1.69. The molecule has 0 saturated carbocycles. The summed E-state index contributed by atoms with van der Waals surface area (Å²) in [6.45, 7) is 0. The predicted octanol–water partition coefficient (Wildman–Crippen LogP) is 1.67. The molecule has 2 nitrogen and oxygen atoms in total. The van der Waals surface area contributed by atoms with Crippen LogP contribution in [0.2, 0.25) is 0 Å². The summed E-state index contributed by atoms with van der Waals surface area (Å²) in [6.07, 6.45) is 0. The van der Waals surface area contributed by atoms with Crippen molar-refractivity contribution in [2.75, 3.05) is 0 Å². The van der Waals surface area contributed by atoms with E-state index in [2.05, 4.69) is 23.2 Å². The quantitative estimate of drug-likeness (QED) is 0.488. The highest BCUT2D eigenvalue weighted by Crippen LogP contribution is 2.13. The van der Waals surface area contributed by atoms with Gasteiger partial charge in [0.15, 0.2) is 0 Å². The molecule has 0 aromatic heterocycles. The Morgan fingerprint density at radius 1 is 0.900 bits per heavy atom. The molecule has 0 aromatic carbocycles. The fourth-order valence-corrected chi connectivity index (χ4v) is 0.338. The van der Waals surface area contributed by atoms with Crippen LogP contribution in [0.3, 0.4) is 0 Å². The number of rotatable bonds is 2. The van der Waals surface area contributed by atoms with E-state index in [4.69, 9.17) is 0 Å². The van der Waals surface area contributed by atoms with Gasteiger partial charge in [-0.1, -0.05) is 0 Å². The summed E-state index contributed by atoms with van der Waals surface area (Å²) in [5.74, 6) is -3.94. The van der Waals surface area contributed by atoms with E-state index in [0.717, 1.165) is 0 Å². The first-order valence-electron chi connectivity index (χ1n) is 1.91. The summed E-state index contributed by atoms with van der Waals surface area (Å²) in [7, 11) is 0. The second-order valence-corrected chi connectivity index (χ2v) is 1.86. The van der Waals surface area contributed by atoms with Gasteiger partial charge in [0, 0.05) is 0 Å². The third-order valence-electron chi connectivity index (χ3n) is 0.538. The van der Waals surface area contributed by atoms with Gasteiger partial charge in [0.2, 0.25) is 11.7 Å². The fourth-order valence-electron chi connectivity index (χ4n) is 0.173. The standard InChI is InChI=1S/C4Cl2F2O2/c5-3(9)1(7)2(8)4(6)10/b2-1-. The zero-order chi connectivity index (χ0) is 8.31. The van der Waals surface area contributed by atoms with E-state index in [0.29, 0.717) is 0 Å². The van der Waals surface area contributed by atoms with Crippen molar-refractivity contribution in [1.29, 1.82) is 0 Å². The molecule has 0 aliphatic carbocycles. The smallest absolute Gasteiger partial charge is 0.273 e. The molecular formula is C4Cl2F2O2. The van der Waals surface area contributed by atoms with Crippen molar-refractivity contribution in [3.63, 3.8) is 0 Å². The molecule has 0 rings (SSSR count). The Morgan fingerprint density at radius 3 is 1.20 bits per heavy atom. The number of halogens is 4. The number of carbonyl (C=O) groups excluding carboxylic acids is 2. The van der Waals surface area contributed by atoms with Crippen molar-refractivity contribution in [1.82, 2.24) is 0 Å². The second kappa shape index (κ2) is 3.63. The van der Waals surface area contributed by atoms with E-state index in [1.54, 1.807) is 0 Å². The summed E-state index contributed by atoms with van der Waals surface area (Å²) in [6, 6.07) is 0. The van der Waals surface area contributed by atoms with Gasteiger partial charge in [-0.15, -0.1) is 0 Å². The molecule has 0 spiro atoms. The molecule has 10 heavy (non-hydrogen) atoms. The fraction of sp³-hybridized carbons (Fsp3) is 0. The molecule has 56 valence electrons. The second-order valence-electron chi connectivity index (χ2n) is 1.18. The van der Waals surface area contributed by atoms with E-state index in [1.807, 2.05) is 0 Å². The maximum absolute atomic E-state index is 11.9. The van der Waals surface area contributed by atoms with E-state index in [1.165, 1.54) is 0 Å². The Balaban J connectivity index is 4.67. The van der Waals surface area contributed by atoms with Crippen LogP contribution in [0.5, 0.6) is 0 Å². The number of hydrogen-bond donors (Lipinski definition) is 0.